The molecule has 0 aliphatic heterocycles. The average Bonchev–Trinajstić information content (AvgIpc) is 3.60. The van der Waals surface area contributed by atoms with Crippen LogP contribution in [0, 0.1) is 17.2 Å². The third-order valence-electron chi connectivity index (χ3n) is 6.21. The second kappa shape index (κ2) is 11.4. The van der Waals surface area contributed by atoms with Gasteiger partial charge in [-0.25, -0.2) is 4.98 Å². The highest BCUT2D eigenvalue weighted by Gasteiger charge is 2.26. The number of carboxylic acid groups (broad SMARTS) is 1. The Balaban J connectivity index is 1.46. The molecule has 3 N–H and O–H groups in total. The van der Waals surface area contributed by atoms with Gasteiger partial charge in [0, 0.05) is 36.9 Å². The summed E-state index contributed by atoms with van der Waals surface area (Å²) in [7, 11) is 0. The number of nitriles is 1. The van der Waals surface area contributed by atoms with Crippen molar-refractivity contribution in [1.82, 2.24) is 19.9 Å². The van der Waals surface area contributed by atoms with E-state index in [1.807, 2.05) is 41.0 Å². The molecule has 0 fully saturated rings. The van der Waals surface area contributed by atoms with Crippen LogP contribution in [0.3, 0.4) is 0 Å². The van der Waals surface area contributed by atoms with Gasteiger partial charge in [0.15, 0.2) is 0 Å². The highest BCUT2D eigenvalue weighted by atomic mass is 16.4. The lowest BCUT2D eigenvalue weighted by molar-refractivity contribution is -0.141. The molecule has 0 spiro atoms. The number of carboxylic acids is 1. The molecule has 8 nitrogen and oxygen atoms in total. The molecule has 0 aliphatic rings. The molecule has 0 saturated heterocycles. The number of hydrogen-bond acceptors (Lipinski definition) is 4. The van der Waals surface area contributed by atoms with Crippen molar-refractivity contribution in [2.24, 2.45) is 5.92 Å². The number of carbonyl (C=O) groups is 2. The number of aromatic amines is 1. The zero-order valence-corrected chi connectivity index (χ0v) is 20.8. The number of aromatic nitrogens is 3. The standard InChI is InChI=1S/C29H29N5O3/c1-19(2)15-26(28-31-12-13-32-28)33-27(35)16-25(29(36)37)23-11-14-34(18-23)24-9-7-22(8-10-24)21-5-3-20(17-30)4-6-21/h3-14,18-19,25-26H,15-16H2,1-2H3,(H,31,32)(H,33,35)(H,36,37). The molecule has 2 unspecified atom stereocenters. The minimum absolute atomic E-state index is 0.174. The maximum atomic E-state index is 12.9. The van der Waals surface area contributed by atoms with Crippen molar-refractivity contribution in [1.29, 1.82) is 5.26 Å². The van der Waals surface area contributed by atoms with Crippen LogP contribution in [0.4, 0.5) is 0 Å². The van der Waals surface area contributed by atoms with Gasteiger partial charge >= 0.3 is 5.97 Å². The highest BCUT2D eigenvalue weighted by molar-refractivity contribution is 5.86. The average molecular weight is 496 g/mol. The summed E-state index contributed by atoms with van der Waals surface area (Å²) in [6.45, 7) is 4.11. The van der Waals surface area contributed by atoms with Gasteiger partial charge in [-0.15, -0.1) is 0 Å². The molecule has 8 heteroatoms. The fourth-order valence-corrected chi connectivity index (χ4v) is 4.31. The second-order valence-electron chi connectivity index (χ2n) is 9.41. The molecule has 0 bridgehead atoms. The molecule has 1 amide bonds. The van der Waals surface area contributed by atoms with Crippen LogP contribution in [0.25, 0.3) is 16.8 Å². The van der Waals surface area contributed by atoms with Gasteiger partial charge in [0.2, 0.25) is 5.91 Å². The lowest BCUT2D eigenvalue weighted by Gasteiger charge is -2.20. The maximum absolute atomic E-state index is 12.9. The van der Waals surface area contributed by atoms with Crippen molar-refractivity contribution in [2.45, 2.75) is 38.6 Å². The first-order valence-corrected chi connectivity index (χ1v) is 12.1. The van der Waals surface area contributed by atoms with Crippen molar-refractivity contribution in [2.75, 3.05) is 0 Å². The molecule has 0 radical (unpaired) electrons. The summed E-state index contributed by atoms with van der Waals surface area (Å²) >= 11 is 0. The van der Waals surface area contributed by atoms with Crippen molar-refractivity contribution in [3.8, 4) is 22.9 Å². The zero-order valence-electron chi connectivity index (χ0n) is 20.8. The number of aliphatic carboxylic acids is 1. The number of amides is 1. The summed E-state index contributed by atoms with van der Waals surface area (Å²) < 4.78 is 1.84. The predicted octanol–water partition coefficient (Wildman–Crippen LogP) is 5.20. The number of benzene rings is 2. The van der Waals surface area contributed by atoms with Crippen LogP contribution in [0.5, 0.6) is 0 Å². The summed E-state index contributed by atoms with van der Waals surface area (Å²) in [4.78, 5) is 32.3. The predicted molar refractivity (Wildman–Crippen MR) is 140 cm³/mol. The van der Waals surface area contributed by atoms with Crippen molar-refractivity contribution in [3.63, 3.8) is 0 Å². The van der Waals surface area contributed by atoms with Crippen LogP contribution in [0.15, 0.2) is 79.4 Å². The topological polar surface area (TPSA) is 124 Å². The number of carbonyl (C=O) groups excluding carboxylic acids is 1. The van der Waals surface area contributed by atoms with Crippen LogP contribution >= 0.6 is 0 Å². The van der Waals surface area contributed by atoms with Gasteiger partial charge in [-0.1, -0.05) is 38.1 Å². The van der Waals surface area contributed by atoms with Gasteiger partial charge in [-0.2, -0.15) is 5.26 Å². The highest BCUT2D eigenvalue weighted by Crippen LogP contribution is 2.26. The van der Waals surface area contributed by atoms with E-state index in [9.17, 15) is 14.7 Å². The molecule has 0 aliphatic carbocycles. The van der Waals surface area contributed by atoms with E-state index in [0.29, 0.717) is 29.3 Å². The number of nitrogens with one attached hydrogen (secondary N) is 2. The smallest absolute Gasteiger partial charge is 0.311 e. The van der Waals surface area contributed by atoms with E-state index >= 15 is 0 Å². The monoisotopic (exact) mass is 495 g/mol. The molecular formula is C29H29N5O3. The number of rotatable bonds is 10. The van der Waals surface area contributed by atoms with Crippen LogP contribution in [0.1, 0.15) is 55.6 Å². The molecule has 2 heterocycles. The van der Waals surface area contributed by atoms with Crippen LogP contribution in [-0.2, 0) is 9.59 Å². The third kappa shape index (κ3) is 6.33. The molecule has 188 valence electrons. The first kappa shape index (κ1) is 25.5. The van der Waals surface area contributed by atoms with E-state index in [4.69, 9.17) is 5.26 Å². The Morgan fingerprint density at radius 3 is 2.32 bits per heavy atom. The summed E-state index contributed by atoms with van der Waals surface area (Å²) in [5, 5.41) is 21.8. The minimum atomic E-state index is -1.05. The van der Waals surface area contributed by atoms with E-state index in [0.717, 1.165) is 16.8 Å². The Morgan fingerprint density at radius 1 is 1.08 bits per heavy atom. The van der Waals surface area contributed by atoms with Gasteiger partial charge in [0.05, 0.1) is 23.6 Å². The summed E-state index contributed by atoms with van der Waals surface area (Å²) in [6.07, 6.45) is 7.40. The largest absolute Gasteiger partial charge is 0.481 e. The molecule has 37 heavy (non-hydrogen) atoms. The number of imidazole rings is 1. The normalized spacial score (nSPS) is 12.6. The van der Waals surface area contributed by atoms with Gasteiger partial charge < -0.3 is 20.0 Å². The summed E-state index contributed by atoms with van der Waals surface area (Å²) in [5.41, 5.74) is 4.04. The Kier molecular flexibility index (Phi) is 7.84. The van der Waals surface area contributed by atoms with Crippen LogP contribution < -0.4 is 5.32 Å². The van der Waals surface area contributed by atoms with E-state index < -0.39 is 11.9 Å². The third-order valence-corrected chi connectivity index (χ3v) is 6.21. The molecule has 0 saturated carbocycles. The van der Waals surface area contributed by atoms with Gasteiger partial charge in [-0.3, -0.25) is 9.59 Å². The molecule has 2 aromatic carbocycles. The lowest BCUT2D eigenvalue weighted by Crippen LogP contribution is -2.32. The second-order valence-corrected chi connectivity index (χ2v) is 9.41. The van der Waals surface area contributed by atoms with Crippen LogP contribution in [-0.4, -0.2) is 31.5 Å². The maximum Gasteiger partial charge on any atom is 0.311 e. The van der Waals surface area contributed by atoms with E-state index in [1.54, 1.807) is 43.0 Å². The van der Waals surface area contributed by atoms with Gasteiger partial charge in [0.1, 0.15) is 5.82 Å². The fraction of sp³-hybridized carbons (Fsp3) is 0.241. The fourth-order valence-electron chi connectivity index (χ4n) is 4.31. The first-order chi connectivity index (χ1) is 17.8. The number of hydrogen-bond donors (Lipinski definition) is 3. The minimum Gasteiger partial charge on any atom is -0.481 e. The molecule has 2 atom stereocenters. The zero-order chi connectivity index (χ0) is 26.4. The SMILES string of the molecule is CC(C)CC(NC(=O)CC(C(=O)O)c1ccn(-c2ccc(-c3ccc(C#N)cc3)cc2)c1)c1ncc[nH]1. The van der Waals surface area contributed by atoms with Gasteiger partial charge in [-0.05, 0) is 59.4 Å². The van der Waals surface area contributed by atoms with Gasteiger partial charge in [0.25, 0.3) is 0 Å². The quantitative estimate of drug-likeness (QED) is 0.279. The van der Waals surface area contributed by atoms with E-state index in [-0.39, 0.29) is 18.4 Å². The number of nitrogens with zero attached hydrogens (tertiary/aromatic N) is 3. The van der Waals surface area contributed by atoms with Crippen molar-refractivity contribution < 1.29 is 14.7 Å². The lowest BCUT2D eigenvalue weighted by atomic mass is 9.97. The Labute approximate surface area is 215 Å². The molecule has 4 aromatic rings. The molecular weight excluding hydrogens is 466 g/mol. The van der Waals surface area contributed by atoms with Crippen molar-refractivity contribution >= 4 is 11.9 Å². The van der Waals surface area contributed by atoms with E-state index in [2.05, 4.69) is 35.2 Å². The molecule has 2 aromatic heterocycles. The first-order valence-electron chi connectivity index (χ1n) is 12.1. The Morgan fingerprint density at radius 2 is 1.76 bits per heavy atom. The Bertz CT molecular complexity index is 1380. The molecule has 4 rings (SSSR count). The van der Waals surface area contributed by atoms with Crippen LogP contribution in [0.2, 0.25) is 0 Å². The van der Waals surface area contributed by atoms with Crippen molar-refractivity contribution in [3.05, 3.63) is 96.3 Å². The Hall–Kier alpha value is -4.64. The summed E-state index contributed by atoms with van der Waals surface area (Å²) in [5.74, 6) is -1.39. The number of H-pyrrole nitrogens is 1. The van der Waals surface area contributed by atoms with E-state index in [1.165, 1.54) is 0 Å². The summed E-state index contributed by atoms with van der Waals surface area (Å²) in [6, 6.07) is 18.7.